The Bertz CT molecular complexity index is 611. The summed E-state index contributed by atoms with van der Waals surface area (Å²) in [4.78, 5) is 4.86. The number of anilines is 1. The first-order chi connectivity index (χ1) is 9.35. The summed E-state index contributed by atoms with van der Waals surface area (Å²) < 4.78 is 19.3. The van der Waals surface area contributed by atoms with Crippen LogP contribution in [0.25, 0.3) is 0 Å². The standard InChI is InChI=1S/C15H17FN2OS/c1-15(2,3)19-14-11(17)8-9-13(18-14)20-12-7-5-4-6-10(12)16/h4-9H,17H2,1-3H3. The van der Waals surface area contributed by atoms with E-state index < -0.39 is 0 Å². The number of aromatic nitrogens is 1. The van der Waals surface area contributed by atoms with Gasteiger partial charge in [0.25, 0.3) is 0 Å². The molecule has 1 aromatic carbocycles. The minimum absolute atomic E-state index is 0.269. The monoisotopic (exact) mass is 292 g/mol. The molecule has 1 aromatic heterocycles. The first kappa shape index (κ1) is 14.7. The number of hydrogen-bond acceptors (Lipinski definition) is 4. The van der Waals surface area contributed by atoms with Gasteiger partial charge >= 0.3 is 0 Å². The molecule has 0 bridgehead atoms. The zero-order chi connectivity index (χ0) is 14.8. The molecule has 2 N–H and O–H groups in total. The van der Waals surface area contributed by atoms with Gasteiger partial charge in [-0.2, -0.15) is 0 Å². The van der Waals surface area contributed by atoms with Crippen LogP contribution in [0.5, 0.6) is 5.88 Å². The van der Waals surface area contributed by atoms with Crippen LogP contribution in [0, 0.1) is 5.82 Å². The molecule has 0 radical (unpaired) electrons. The van der Waals surface area contributed by atoms with Gasteiger partial charge in [-0.15, -0.1) is 0 Å². The fourth-order valence-electron chi connectivity index (χ4n) is 1.50. The first-order valence-electron chi connectivity index (χ1n) is 6.23. The van der Waals surface area contributed by atoms with E-state index in [4.69, 9.17) is 10.5 Å². The highest BCUT2D eigenvalue weighted by atomic mass is 32.2. The third-order valence-electron chi connectivity index (χ3n) is 2.32. The number of nitrogen functional groups attached to an aromatic ring is 1. The number of halogens is 1. The second kappa shape index (κ2) is 5.71. The molecule has 0 saturated carbocycles. The second-order valence-corrected chi connectivity index (χ2v) is 6.35. The molecule has 0 aliphatic carbocycles. The Labute approximate surface area is 122 Å². The molecular formula is C15H17FN2OS. The number of nitrogens with two attached hydrogens (primary N) is 1. The molecule has 0 unspecified atom stereocenters. The van der Waals surface area contributed by atoms with Crippen LogP contribution in [0.15, 0.2) is 46.3 Å². The quantitative estimate of drug-likeness (QED) is 0.924. The molecule has 5 heteroatoms. The lowest BCUT2D eigenvalue weighted by Gasteiger charge is -2.21. The lowest BCUT2D eigenvalue weighted by molar-refractivity contribution is 0.124. The van der Waals surface area contributed by atoms with Crippen molar-refractivity contribution in [3.63, 3.8) is 0 Å². The van der Waals surface area contributed by atoms with Crippen molar-refractivity contribution in [1.82, 2.24) is 4.98 Å². The minimum Gasteiger partial charge on any atom is -0.470 e. The third-order valence-corrected chi connectivity index (χ3v) is 3.31. The molecule has 106 valence electrons. The van der Waals surface area contributed by atoms with Gasteiger partial charge in [0.1, 0.15) is 16.4 Å². The SMILES string of the molecule is CC(C)(C)Oc1nc(Sc2ccccc2F)ccc1N. The highest BCUT2D eigenvalue weighted by molar-refractivity contribution is 7.99. The van der Waals surface area contributed by atoms with Crippen molar-refractivity contribution >= 4 is 17.4 Å². The van der Waals surface area contributed by atoms with Crippen LogP contribution in [0.1, 0.15) is 20.8 Å². The summed E-state index contributed by atoms with van der Waals surface area (Å²) >= 11 is 1.24. The molecule has 20 heavy (non-hydrogen) atoms. The van der Waals surface area contributed by atoms with Crippen LogP contribution in [0.3, 0.4) is 0 Å². The van der Waals surface area contributed by atoms with Crippen molar-refractivity contribution in [2.45, 2.75) is 36.3 Å². The molecule has 0 aliphatic rings. The summed E-state index contributed by atoms with van der Waals surface area (Å²) in [7, 11) is 0. The molecule has 0 atom stereocenters. The van der Waals surface area contributed by atoms with E-state index in [0.29, 0.717) is 21.5 Å². The summed E-state index contributed by atoms with van der Waals surface area (Å²) in [6.07, 6.45) is 0. The number of rotatable bonds is 3. The summed E-state index contributed by atoms with van der Waals surface area (Å²) in [5, 5.41) is 0.642. The molecule has 3 nitrogen and oxygen atoms in total. The van der Waals surface area contributed by atoms with Gasteiger partial charge in [-0.1, -0.05) is 23.9 Å². The van der Waals surface area contributed by atoms with E-state index in [1.165, 1.54) is 17.8 Å². The van der Waals surface area contributed by atoms with Gasteiger partial charge in [0.15, 0.2) is 0 Å². The smallest absolute Gasteiger partial charge is 0.238 e. The molecule has 0 spiro atoms. The van der Waals surface area contributed by atoms with Crippen LogP contribution in [-0.2, 0) is 0 Å². The second-order valence-electron chi connectivity index (χ2n) is 5.29. The molecule has 2 aromatic rings. The van der Waals surface area contributed by atoms with Crippen LogP contribution >= 0.6 is 11.8 Å². The maximum atomic E-state index is 13.6. The normalized spacial score (nSPS) is 11.4. The topological polar surface area (TPSA) is 48.1 Å². The average Bonchev–Trinajstić information content (AvgIpc) is 2.34. The zero-order valence-corrected chi connectivity index (χ0v) is 12.5. The predicted octanol–water partition coefficient (Wildman–Crippen LogP) is 4.13. The Hall–Kier alpha value is -1.75. The Morgan fingerprint density at radius 2 is 1.85 bits per heavy atom. The van der Waals surface area contributed by atoms with Crippen LogP contribution in [-0.4, -0.2) is 10.6 Å². The van der Waals surface area contributed by atoms with Gasteiger partial charge in [0.05, 0.1) is 5.69 Å². The summed E-state index contributed by atoms with van der Waals surface area (Å²) in [5.74, 6) is 0.105. The number of nitrogens with zero attached hydrogens (tertiary/aromatic N) is 1. The molecule has 1 heterocycles. The van der Waals surface area contributed by atoms with E-state index in [1.54, 1.807) is 30.3 Å². The molecule has 0 fully saturated rings. The number of pyridine rings is 1. The highest BCUT2D eigenvalue weighted by Gasteiger charge is 2.16. The van der Waals surface area contributed by atoms with Crippen molar-refractivity contribution in [2.75, 3.05) is 5.73 Å². The van der Waals surface area contributed by atoms with Crippen molar-refractivity contribution in [2.24, 2.45) is 0 Å². The average molecular weight is 292 g/mol. The Balaban J connectivity index is 2.26. The van der Waals surface area contributed by atoms with Crippen LogP contribution < -0.4 is 10.5 Å². The van der Waals surface area contributed by atoms with Crippen molar-refractivity contribution in [1.29, 1.82) is 0 Å². The van der Waals surface area contributed by atoms with E-state index in [-0.39, 0.29) is 11.4 Å². The van der Waals surface area contributed by atoms with Gasteiger partial charge in [-0.3, -0.25) is 0 Å². The lowest BCUT2D eigenvalue weighted by atomic mass is 10.2. The maximum absolute atomic E-state index is 13.6. The highest BCUT2D eigenvalue weighted by Crippen LogP contribution is 2.32. The van der Waals surface area contributed by atoms with Crippen LogP contribution in [0.2, 0.25) is 0 Å². The Morgan fingerprint density at radius 3 is 2.50 bits per heavy atom. The van der Waals surface area contributed by atoms with E-state index in [9.17, 15) is 4.39 Å². The van der Waals surface area contributed by atoms with E-state index in [0.717, 1.165) is 0 Å². The van der Waals surface area contributed by atoms with E-state index in [2.05, 4.69) is 4.98 Å². The third kappa shape index (κ3) is 3.87. The fourth-order valence-corrected chi connectivity index (χ4v) is 2.31. The van der Waals surface area contributed by atoms with Gasteiger partial charge in [0.2, 0.25) is 5.88 Å². The zero-order valence-electron chi connectivity index (χ0n) is 11.7. The molecular weight excluding hydrogens is 275 g/mol. The van der Waals surface area contributed by atoms with Gasteiger partial charge < -0.3 is 10.5 Å². The molecule has 2 rings (SSSR count). The Morgan fingerprint density at radius 1 is 1.15 bits per heavy atom. The fraction of sp³-hybridized carbons (Fsp3) is 0.267. The Kier molecular flexibility index (Phi) is 4.18. The number of hydrogen-bond donors (Lipinski definition) is 1. The largest absolute Gasteiger partial charge is 0.470 e. The first-order valence-corrected chi connectivity index (χ1v) is 7.05. The van der Waals surface area contributed by atoms with Crippen molar-refractivity contribution < 1.29 is 9.13 Å². The molecule has 0 amide bonds. The van der Waals surface area contributed by atoms with Crippen molar-refractivity contribution in [3.8, 4) is 5.88 Å². The maximum Gasteiger partial charge on any atom is 0.238 e. The van der Waals surface area contributed by atoms with Crippen molar-refractivity contribution in [3.05, 3.63) is 42.2 Å². The van der Waals surface area contributed by atoms with E-state index in [1.807, 2.05) is 20.8 Å². The molecule has 0 aliphatic heterocycles. The van der Waals surface area contributed by atoms with Crippen LogP contribution in [0.4, 0.5) is 10.1 Å². The lowest BCUT2D eigenvalue weighted by Crippen LogP contribution is -2.24. The summed E-state index contributed by atoms with van der Waals surface area (Å²) in [5.41, 5.74) is 5.93. The summed E-state index contributed by atoms with van der Waals surface area (Å²) in [6.45, 7) is 5.76. The van der Waals surface area contributed by atoms with Gasteiger partial charge in [-0.25, -0.2) is 9.37 Å². The van der Waals surface area contributed by atoms with E-state index >= 15 is 0 Å². The predicted molar refractivity (Wildman–Crippen MR) is 79.6 cm³/mol. The van der Waals surface area contributed by atoms with Gasteiger partial charge in [-0.05, 0) is 45.0 Å². The summed E-state index contributed by atoms with van der Waals surface area (Å²) in [6, 6.07) is 10.0. The van der Waals surface area contributed by atoms with Gasteiger partial charge in [0, 0.05) is 4.90 Å². The minimum atomic E-state index is -0.387. The number of benzene rings is 1. The molecule has 0 saturated heterocycles. The number of ether oxygens (including phenoxy) is 1.